The Labute approximate surface area is 165 Å². The molecule has 1 amide bonds. The highest BCUT2D eigenvalue weighted by Crippen LogP contribution is 2.27. The zero-order valence-corrected chi connectivity index (χ0v) is 16.4. The van der Waals surface area contributed by atoms with Crippen molar-refractivity contribution in [3.05, 3.63) is 47.8 Å². The van der Waals surface area contributed by atoms with Gasteiger partial charge in [-0.25, -0.2) is 22.2 Å². The molecule has 0 aliphatic heterocycles. The second-order valence-electron chi connectivity index (χ2n) is 6.14. The molecule has 3 rings (SSSR count). The number of aromatic amines is 1. The van der Waals surface area contributed by atoms with Crippen LogP contribution in [-0.2, 0) is 10.0 Å². The molecule has 3 aromatic rings. The quantitative estimate of drug-likeness (QED) is 0.539. The summed E-state index contributed by atoms with van der Waals surface area (Å²) < 4.78 is 59.8. The van der Waals surface area contributed by atoms with Crippen molar-refractivity contribution >= 4 is 38.3 Å². The first-order valence-corrected chi connectivity index (χ1v) is 10.2. The number of ether oxygens (including phenoxy) is 1. The number of nitrogens with zero attached hydrogens (tertiary/aromatic N) is 1. The lowest BCUT2D eigenvalue weighted by atomic mass is 10.1. The van der Waals surface area contributed by atoms with Crippen LogP contribution in [0, 0.1) is 11.6 Å². The van der Waals surface area contributed by atoms with Crippen LogP contribution in [0.4, 0.5) is 20.2 Å². The summed E-state index contributed by atoms with van der Waals surface area (Å²) in [5.74, 6) is -3.29. The van der Waals surface area contributed by atoms with Gasteiger partial charge in [0, 0.05) is 6.20 Å². The van der Waals surface area contributed by atoms with Gasteiger partial charge in [-0.2, -0.15) is 0 Å². The van der Waals surface area contributed by atoms with Gasteiger partial charge in [-0.1, -0.05) is 6.92 Å². The number of benzene rings is 1. The minimum atomic E-state index is -3.82. The Balaban J connectivity index is 1.92. The maximum atomic E-state index is 14.7. The summed E-state index contributed by atoms with van der Waals surface area (Å²) >= 11 is 0. The number of sulfonamides is 1. The molecule has 0 bridgehead atoms. The van der Waals surface area contributed by atoms with E-state index in [1.54, 1.807) is 13.1 Å². The third kappa shape index (κ3) is 4.29. The fourth-order valence-corrected chi connectivity index (χ4v) is 3.87. The normalized spacial score (nSPS) is 11.4. The van der Waals surface area contributed by atoms with Crippen LogP contribution < -0.4 is 14.8 Å². The lowest BCUT2D eigenvalue weighted by molar-refractivity contribution is 0.101. The van der Waals surface area contributed by atoms with Crippen molar-refractivity contribution in [2.75, 3.05) is 22.9 Å². The summed E-state index contributed by atoms with van der Waals surface area (Å²) in [5.41, 5.74) is -0.741. The van der Waals surface area contributed by atoms with Crippen LogP contribution in [0.3, 0.4) is 0 Å². The van der Waals surface area contributed by atoms with Gasteiger partial charge in [0.25, 0.3) is 5.91 Å². The van der Waals surface area contributed by atoms with E-state index in [0.717, 1.165) is 12.1 Å². The van der Waals surface area contributed by atoms with Crippen LogP contribution in [0.15, 0.2) is 30.6 Å². The van der Waals surface area contributed by atoms with Crippen molar-refractivity contribution in [3.63, 3.8) is 0 Å². The highest BCUT2D eigenvalue weighted by atomic mass is 32.2. The number of anilines is 2. The molecule has 2 aromatic heterocycles. The van der Waals surface area contributed by atoms with Gasteiger partial charge in [-0.15, -0.1) is 0 Å². The summed E-state index contributed by atoms with van der Waals surface area (Å²) in [5, 5.41) is 2.92. The number of carbonyl (C=O) groups excluding carboxylic acids is 1. The number of hydrogen-bond acceptors (Lipinski definition) is 5. The Morgan fingerprint density at radius 1 is 1.31 bits per heavy atom. The third-order valence-electron chi connectivity index (χ3n) is 4.03. The predicted octanol–water partition coefficient (Wildman–Crippen LogP) is 3.25. The van der Waals surface area contributed by atoms with E-state index in [9.17, 15) is 22.0 Å². The zero-order valence-electron chi connectivity index (χ0n) is 15.5. The predicted molar refractivity (Wildman–Crippen MR) is 105 cm³/mol. The molecule has 8 nitrogen and oxygen atoms in total. The summed E-state index contributed by atoms with van der Waals surface area (Å²) in [6, 6.07) is 3.27. The molecule has 154 valence electrons. The van der Waals surface area contributed by atoms with Gasteiger partial charge in [0.1, 0.15) is 22.8 Å². The smallest absolute Gasteiger partial charge is 0.261 e. The van der Waals surface area contributed by atoms with Gasteiger partial charge in [0.15, 0.2) is 5.82 Å². The molecule has 0 saturated carbocycles. The average molecular weight is 424 g/mol. The van der Waals surface area contributed by atoms with Gasteiger partial charge in [-0.05, 0) is 24.6 Å². The number of hydrogen-bond donors (Lipinski definition) is 3. The molecule has 0 aliphatic carbocycles. The first-order chi connectivity index (χ1) is 13.8. The van der Waals surface area contributed by atoms with Crippen molar-refractivity contribution in [1.29, 1.82) is 0 Å². The molecule has 0 radical (unpaired) electrons. The molecule has 0 aliphatic rings. The van der Waals surface area contributed by atoms with Gasteiger partial charge >= 0.3 is 0 Å². The minimum absolute atomic E-state index is 0.177. The Bertz CT molecular complexity index is 1180. The number of nitrogens with one attached hydrogen (secondary N) is 3. The van der Waals surface area contributed by atoms with E-state index in [1.807, 2.05) is 4.72 Å². The van der Waals surface area contributed by atoms with Crippen molar-refractivity contribution in [2.45, 2.75) is 13.3 Å². The average Bonchev–Trinajstić information content (AvgIpc) is 3.06. The van der Waals surface area contributed by atoms with E-state index < -0.39 is 38.8 Å². The lowest BCUT2D eigenvalue weighted by Gasteiger charge is -2.12. The molecule has 0 atom stereocenters. The van der Waals surface area contributed by atoms with Crippen LogP contribution in [0.1, 0.15) is 23.7 Å². The van der Waals surface area contributed by atoms with Crippen LogP contribution in [-0.4, -0.2) is 37.2 Å². The molecule has 0 saturated heterocycles. The van der Waals surface area contributed by atoms with Crippen LogP contribution in [0.5, 0.6) is 5.75 Å². The molecule has 11 heteroatoms. The van der Waals surface area contributed by atoms with Gasteiger partial charge in [0.05, 0.1) is 35.8 Å². The van der Waals surface area contributed by atoms with E-state index in [-0.39, 0.29) is 11.4 Å². The number of carbonyl (C=O) groups is 1. The van der Waals surface area contributed by atoms with E-state index in [0.29, 0.717) is 23.2 Å². The fraction of sp³-hybridized carbons (Fsp3) is 0.222. The van der Waals surface area contributed by atoms with Crippen molar-refractivity contribution in [3.8, 4) is 5.75 Å². The largest absolute Gasteiger partial charge is 0.494 e. The highest BCUT2D eigenvalue weighted by molar-refractivity contribution is 7.92. The van der Waals surface area contributed by atoms with E-state index >= 15 is 0 Å². The molecule has 1 aromatic carbocycles. The second-order valence-corrected chi connectivity index (χ2v) is 7.98. The zero-order chi connectivity index (χ0) is 21.2. The lowest BCUT2D eigenvalue weighted by Crippen LogP contribution is -2.20. The summed E-state index contributed by atoms with van der Waals surface area (Å²) in [6.07, 6.45) is 3.19. The van der Waals surface area contributed by atoms with E-state index in [4.69, 9.17) is 4.74 Å². The Morgan fingerprint density at radius 2 is 2.07 bits per heavy atom. The first-order valence-electron chi connectivity index (χ1n) is 8.56. The number of methoxy groups -OCH3 is 1. The number of H-pyrrole nitrogens is 1. The maximum Gasteiger partial charge on any atom is 0.261 e. The SMILES string of the molecule is CCCS(=O)(=O)Nc1ccc(F)c(C(=O)Nc2cnc3[nH]cc(OC)c3c2)c1F. The molecule has 0 spiro atoms. The number of rotatable bonds is 7. The molecule has 2 heterocycles. The minimum Gasteiger partial charge on any atom is -0.494 e. The third-order valence-corrected chi connectivity index (χ3v) is 5.50. The monoisotopic (exact) mass is 424 g/mol. The summed E-state index contributed by atoms with van der Waals surface area (Å²) in [4.78, 5) is 19.5. The second kappa shape index (κ2) is 8.03. The Kier molecular flexibility index (Phi) is 5.69. The molecule has 0 unspecified atom stereocenters. The van der Waals surface area contributed by atoms with Crippen molar-refractivity contribution in [2.24, 2.45) is 0 Å². The number of fused-ring (bicyclic) bond motifs is 1. The number of halogens is 2. The van der Waals surface area contributed by atoms with Gasteiger partial charge in [-0.3, -0.25) is 9.52 Å². The van der Waals surface area contributed by atoms with Crippen molar-refractivity contribution in [1.82, 2.24) is 9.97 Å². The molecule has 3 N–H and O–H groups in total. The molecule has 29 heavy (non-hydrogen) atoms. The number of pyridine rings is 1. The molecular weight excluding hydrogens is 406 g/mol. The fourth-order valence-electron chi connectivity index (χ4n) is 2.74. The Morgan fingerprint density at radius 3 is 2.76 bits per heavy atom. The summed E-state index contributed by atoms with van der Waals surface area (Å²) in [7, 11) is -2.36. The standard InChI is InChI=1S/C18H18F2N4O4S/c1-3-6-29(26,27)24-13-5-4-12(19)15(16(13)20)18(25)23-10-7-11-14(28-2)9-22-17(11)21-8-10/h4-5,7-9,24H,3,6H2,1-2H3,(H,21,22)(H,23,25). The topological polar surface area (TPSA) is 113 Å². The molecular formula is C18H18F2N4O4S. The van der Waals surface area contributed by atoms with Crippen LogP contribution >= 0.6 is 0 Å². The summed E-state index contributed by atoms with van der Waals surface area (Å²) in [6.45, 7) is 1.64. The van der Waals surface area contributed by atoms with Gasteiger partial charge < -0.3 is 15.0 Å². The molecule has 0 fully saturated rings. The first kappa shape index (κ1) is 20.5. The van der Waals surface area contributed by atoms with E-state index in [2.05, 4.69) is 15.3 Å². The Hall–Kier alpha value is -3.21. The van der Waals surface area contributed by atoms with E-state index in [1.165, 1.54) is 19.4 Å². The number of amides is 1. The van der Waals surface area contributed by atoms with Crippen LogP contribution in [0.2, 0.25) is 0 Å². The van der Waals surface area contributed by atoms with Crippen molar-refractivity contribution < 1.29 is 26.7 Å². The highest BCUT2D eigenvalue weighted by Gasteiger charge is 2.23. The van der Waals surface area contributed by atoms with Gasteiger partial charge in [0.2, 0.25) is 10.0 Å². The number of aromatic nitrogens is 2. The maximum absolute atomic E-state index is 14.7. The van der Waals surface area contributed by atoms with Crippen LogP contribution in [0.25, 0.3) is 11.0 Å².